The van der Waals surface area contributed by atoms with Gasteiger partial charge >= 0.3 is 5.97 Å². The van der Waals surface area contributed by atoms with Gasteiger partial charge in [0.25, 0.3) is 0 Å². The number of hydrogen-bond donors (Lipinski definition) is 3. The van der Waals surface area contributed by atoms with Gasteiger partial charge in [0.1, 0.15) is 0 Å². The summed E-state index contributed by atoms with van der Waals surface area (Å²) in [6.45, 7) is 6.72. The fraction of sp³-hybridized carbons (Fsp3) is 0.917. The lowest BCUT2D eigenvalue weighted by atomic mass is 9.79. The Labute approximate surface area is 101 Å². The van der Waals surface area contributed by atoms with E-state index < -0.39 is 29.9 Å². The van der Waals surface area contributed by atoms with E-state index in [0.717, 1.165) is 0 Å². The number of ether oxygens (including phenoxy) is 1. The first-order valence-electron chi connectivity index (χ1n) is 5.96. The van der Waals surface area contributed by atoms with Crippen LogP contribution in [0.25, 0.3) is 0 Å². The van der Waals surface area contributed by atoms with Crippen LogP contribution in [0, 0.1) is 11.8 Å². The first kappa shape index (κ1) is 14.4. The normalized spacial score (nSPS) is 41.9. The zero-order chi connectivity index (χ0) is 13.4. The van der Waals surface area contributed by atoms with E-state index in [1.54, 1.807) is 13.8 Å². The van der Waals surface area contributed by atoms with Crippen LogP contribution < -0.4 is 0 Å². The molecule has 0 radical (unpaired) electrons. The van der Waals surface area contributed by atoms with Crippen molar-refractivity contribution in [1.29, 1.82) is 0 Å². The van der Waals surface area contributed by atoms with Crippen molar-refractivity contribution < 1.29 is 24.9 Å². The molecule has 2 unspecified atom stereocenters. The molecule has 1 aliphatic heterocycles. The Kier molecular flexibility index (Phi) is 4.17. The van der Waals surface area contributed by atoms with Gasteiger partial charge in [-0.15, -0.1) is 0 Å². The van der Waals surface area contributed by atoms with Crippen LogP contribution in [0.5, 0.6) is 0 Å². The largest absolute Gasteiger partial charge is 0.479 e. The predicted octanol–water partition coefficient (Wildman–Crippen LogP) is 0.633. The van der Waals surface area contributed by atoms with Crippen molar-refractivity contribution in [2.45, 2.75) is 58.0 Å². The van der Waals surface area contributed by atoms with E-state index >= 15 is 0 Å². The highest BCUT2D eigenvalue weighted by atomic mass is 16.5. The van der Waals surface area contributed by atoms with Crippen LogP contribution >= 0.6 is 0 Å². The summed E-state index contributed by atoms with van der Waals surface area (Å²) < 4.78 is 5.62. The Bertz CT molecular complexity index is 287. The number of aliphatic carboxylic acids is 1. The van der Waals surface area contributed by atoms with Gasteiger partial charge in [-0.3, -0.25) is 0 Å². The van der Waals surface area contributed by atoms with E-state index in [4.69, 9.17) is 9.84 Å². The molecule has 0 saturated carbocycles. The molecule has 0 aromatic heterocycles. The summed E-state index contributed by atoms with van der Waals surface area (Å²) in [5.74, 6) is -1.49. The van der Waals surface area contributed by atoms with Crippen molar-refractivity contribution in [3.05, 3.63) is 0 Å². The maximum absolute atomic E-state index is 11.2. The maximum atomic E-state index is 11.2. The molecule has 1 fully saturated rings. The Morgan fingerprint density at radius 2 is 2.00 bits per heavy atom. The number of hydrogen-bond acceptors (Lipinski definition) is 4. The summed E-state index contributed by atoms with van der Waals surface area (Å²) in [6, 6.07) is 0. The minimum atomic E-state index is -1.38. The molecular formula is C12H22O5. The third-order valence-electron chi connectivity index (χ3n) is 3.85. The highest BCUT2D eigenvalue weighted by Gasteiger charge is 2.48. The molecule has 6 atom stereocenters. The molecule has 0 aromatic rings. The quantitative estimate of drug-likeness (QED) is 0.680. The average molecular weight is 246 g/mol. The number of carbonyl (C=O) groups is 1. The van der Waals surface area contributed by atoms with Gasteiger partial charge in [-0.25, -0.2) is 4.79 Å². The summed E-state index contributed by atoms with van der Waals surface area (Å²) in [5.41, 5.74) is -1.38. The minimum Gasteiger partial charge on any atom is -0.479 e. The molecule has 1 heterocycles. The van der Waals surface area contributed by atoms with Gasteiger partial charge in [-0.05, 0) is 13.8 Å². The fourth-order valence-corrected chi connectivity index (χ4v) is 2.26. The molecule has 0 bridgehead atoms. The zero-order valence-corrected chi connectivity index (χ0v) is 10.8. The van der Waals surface area contributed by atoms with Gasteiger partial charge < -0.3 is 20.1 Å². The lowest BCUT2D eigenvalue weighted by Crippen LogP contribution is -2.56. The molecule has 100 valence electrons. The number of carboxylic acid groups (broad SMARTS) is 1. The van der Waals surface area contributed by atoms with Crippen molar-refractivity contribution in [3.63, 3.8) is 0 Å². The van der Waals surface area contributed by atoms with E-state index in [1.165, 1.54) is 6.92 Å². The molecule has 5 nitrogen and oxygen atoms in total. The molecule has 5 heteroatoms. The second-order valence-corrected chi connectivity index (χ2v) is 5.35. The maximum Gasteiger partial charge on any atom is 0.335 e. The Morgan fingerprint density at radius 1 is 1.47 bits per heavy atom. The molecule has 0 spiro atoms. The smallest absolute Gasteiger partial charge is 0.335 e. The topological polar surface area (TPSA) is 87.0 Å². The molecule has 0 aromatic carbocycles. The summed E-state index contributed by atoms with van der Waals surface area (Å²) >= 11 is 0. The van der Waals surface area contributed by atoms with Gasteiger partial charge in [0.05, 0.1) is 18.3 Å². The van der Waals surface area contributed by atoms with Crippen LogP contribution in [0.3, 0.4) is 0 Å². The second kappa shape index (κ2) is 4.92. The lowest BCUT2D eigenvalue weighted by Gasteiger charge is -2.45. The van der Waals surface area contributed by atoms with Gasteiger partial charge in [-0.1, -0.05) is 13.8 Å². The molecular weight excluding hydrogens is 224 g/mol. The second-order valence-electron chi connectivity index (χ2n) is 5.35. The van der Waals surface area contributed by atoms with Gasteiger partial charge in [0.15, 0.2) is 5.60 Å². The first-order valence-corrected chi connectivity index (χ1v) is 5.96. The molecule has 17 heavy (non-hydrogen) atoms. The minimum absolute atomic E-state index is 0.0759. The molecule has 1 rings (SSSR count). The van der Waals surface area contributed by atoms with Crippen molar-refractivity contribution in [1.82, 2.24) is 0 Å². The fourth-order valence-electron chi connectivity index (χ4n) is 2.26. The van der Waals surface area contributed by atoms with E-state index in [2.05, 4.69) is 0 Å². The lowest BCUT2D eigenvalue weighted by molar-refractivity contribution is -0.218. The van der Waals surface area contributed by atoms with Crippen molar-refractivity contribution in [2.75, 3.05) is 0 Å². The average Bonchev–Trinajstić information content (AvgIpc) is 2.22. The zero-order valence-electron chi connectivity index (χ0n) is 10.8. The molecule has 1 saturated heterocycles. The predicted molar refractivity (Wildman–Crippen MR) is 61.5 cm³/mol. The van der Waals surface area contributed by atoms with Crippen LogP contribution in [0.15, 0.2) is 0 Å². The van der Waals surface area contributed by atoms with Crippen molar-refractivity contribution in [2.24, 2.45) is 11.8 Å². The number of aliphatic hydroxyl groups excluding tert-OH is 2. The van der Waals surface area contributed by atoms with Gasteiger partial charge in [0, 0.05) is 18.3 Å². The third-order valence-corrected chi connectivity index (χ3v) is 3.85. The van der Waals surface area contributed by atoms with Crippen LogP contribution in [0.2, 0.25) is 0 Å². The standard InChI is InChI=1S/C12H22O5/c1-6(8(3)13)10-7(2)9(14)5-12(4,17-10)11(15)16/h6-10,13-14H,5H2,1-4H3,(H,15,16)/t6-,7?,8+,9-,10?,12-/m0/s1. The molecule has 1 aliphatic rings. The Hall–Kier alpha value is -0.650. The van der Waals surface area contributed by atoms with Crippen molar-refractivity contribution >= 4 is 5.97 Å². The SMILES string of the molecule is CC1C([C@@H](C)[C@@H](C)O)O[C@](C)(C(=O)O)C[C@@H]1O. The molecule has 0 aliphatic carbocycles. The van der Waals surface area contributed by atoms with E-state index in [1.807, 2.05) is 6.92 Å². The monoisotopic (exact) mass is 246 g/mol. The highest BCUT2D eigenvalue weighted by molar-refractivity contribution is 5.77. The summed E-state index contributed by atoms with van der Waals surface area (Å²) in [4.78, 5) is 11.2. The number of carboxylic acids is 1. The van der Waals surface area contributed by atoms with E-state index in [0.29, 0.717) is 0 Å². The highest BCUT2D eigenvalue weighted by Crippen LogP contribution is 2.36. The Morgan fingerprint density at radius 3 is 2.41 bits per heavy atom. The number of rotatable bonds is 3. The summed E-state index contributed by atoms with van der Waals surface area (Å²) in [5, 5.41) is 28.7. The molecule has 0 amide bonds. The first-order chi connectivity index (χ1) is 7.69. The van der Waals surface area contributed by atoms with Crippen LogP contribution in [0.1, 0.15) is 34.1 Å². The van der Waals surface area contributed by atoms with E-state index in [-0.39, 0.29) is 18.3 Å². The Balaban J connectivity index is 2.93. The van der Waals surface area contributed by atoms with E-state index in [9.17, 15) is 15.0 Å². The van der Waals surface area contributed by atoms with Crippen molar-refractivity contribution in [3.8, 4) is 0 Å². The summed E-state index contributed by atoms with van der Waals surface area (Å²) in [7, 11) is 0. The molecule has 3 N–H and O–H groups in total. The van der Waals surface area contributed by atoms with Gasteiger partial charge in [-0.2, -0.15) is 0 Å². The number of aliphatic hydroxyl groups is 2. The van der Waals surface area contributed by atoms with Crippen LogP contribution in [-0.4, -0.2) is 45.2 Å². The van der Waals surface area contributed by atoms with Crippen LogP contribution in [-0.2, 0) is 9.53 Å². The van der Waals surface area contributed by atoms with Gasteiger partial charge in [0.2, 0.25) is 0 Å². The third kappa shape index (κ3) is 2.78. The van der Waals surface area contributed by atoms with Crippen LogP contribution in [0.4, 0.5) is 0 Å². The summed E-state index contributed by atoms with van der Waals surface area (Å²) in [6.07, 6.45) is -1.71.